The van der Waals surface area contributed by atoms with E-state index in [1.165, 1.54) is 11.8 Å². The molecule has 0 saturated carbocycles. The molecule has 4 atom stereocenters. The first-order chi connectivity index (χ1) is 15.7. The Labute approximate surface area is 194 Å². The fourth-order valence-corrected chi connectivity index (χ4v) is 3.85. The molecule has 182 valence electrons. The molecule has 0 aromatic heterocycles. The van der Waals surface area contributed by atoms with Crippen molar-refractivity contribution in [2.75, 3.05) is 13.1 Å². The van der Waals surface area contributed by atoms with E-state index in [-0.39, 0.29) is 12.3 Å². The molecule has 1 fully saturated rings. The number of aliphatic carboxylic acids is 1. The lowest BCUT2D eigenvalue weighted by atomic mass is 10.0. The van der Waals surface area contributed by atoms with Gasteiger partial charge in [-0.25, -0.2) is 0 Å². The number of benzene rings is 1. The van der Waals surface area contributed by atoms with Gasteiger partial charge in [0.25, 0.3) is 0 Å². The Morgan fingerprint density at radius 3 is 2.48 bits per heavy atom. The quantitative estimate of drug-likeness (QED) is 0.267. The Morgan fingerprint density at radius 2 is 1.85 bits per heavy atom. The number of rotatable bonds is 12. The number of likely N-dealkylation sites (tertiary alicyclic amines) is 1. The maximum atomic E-state index is 13.1. The molecule has 10 heteroatoms. The summed E-state index contributed by atoms with van der Waals surface area (Å²) in [6, 6.07) is 5.58. The molecule has 10 nitrogen and oxygen atoms in total. The molecule has 7 N–H and O–H groups in total. The minimum absolute atomic E-state index is 0.185. The number of amides is 3. The molecule has 0 spiro atoms. The Hall–Kier alpha value is -2.98. The van der Waals surface area contributed by atoms with Crippen LogP contribution in [0.3, 0.4) is 0 Å². The predicted octanol–water partition coefficient (Wildman–Crippen LogP) is -0.249. The van der Waals surface area contributed by atoms with Gasteiger partial charge in [0.15, 0.2) is 0 Å². The third kappa shape index (κ3) is 7.83. The Bertz CT molecular complexity index is 819. The smallest absolute Gasteiger partial charge is 0.325 e. The van der Waals surface area contributed by atoms with Crippen LogP contribution in [0.2, 0.25) is 0 Å². The first-order valence-corrected chi connectivity index (χ1v) is 11.4. The van der Waals surface area contributed by atoms with Gasteiger partial charge in [-0.05, 0) is 44.7 Å². The minimum Gasteiger partial charge on any atom is -0.480 e. The number of carbonyl (C=O) groups excluding carboxylic acids is 3. The summed E-state index contributed by atoms with van der Waals surface area (Å²) in [5, 5.41) is 14.3. The zero-order valence-corrected chi connectivity index (χ0v) is 19.0. The first kappa shape index (κ1) is 26.3. The van der Waals surface area contributed by atoms with Crippen molar-refractivity contribution in [3.8, 4) is 0 Å². The fraction of sp³-hybridized carbons (Fsp3) is 0.565. The number of hydrogen-bond acceptors (Lipinski definition) is 6. The van der Waals surface area contributed by atoms with Crippen molar-refractivity contribution in [1.29, 1.82) is 0 Å². The highest BCUT2D eigenvalue weighted by atomic mass is 16.4. The summed E-state index contributed by atoms with van der Waals surface area (Å²) >= 11 is 0. The molecule has 2 rings (SSSR count). The Morgan fingerprint density at radius 1 is 1.15 bits per heavy atom. The molecule has 1 aromatic rings. The standard InChI is InChI=1S/C23H35N5O5/c1-15(23(32)33)26-20(29)18(14-16-8-3-2-4-9-16)27-21(30)19-11-7-13-28(19)22(31)17(25)10-5-6-12-24/h2-4,8-9,15,17-19H,5-7,10-14,24-25H2,1H3,(H,26,29)(H,27,30)(H,32,33). The van der Waals surface area contributed by atoms with Gasteiger partial charge in [0.2, 0.25) is 17.7 Å². The van der Waals surface area contributed by atoms with Crippen LogP contribution in [0.1, 0.15) is 44.6 Å². The summed E-state index contributed by atoms with van der Waals surface area (Å²) < 4.78 is 0. The number of nitrogens with one attached hydrogen (secondary N) is 2. The van der Waals surface area contributed by atoms with Crippen molar-refractivity contribution in [2.24, 2.45) is 11.5 Å². The van der Waals surface area contributed by atoms with Gasteiger partial charge in [0, 0.05) is 13.0 Å². The van der Waals surface area contributed by atoms with Gasteiger partial charge in [0.05, 0.1) is 6.04 Å². The number of hydrogen-bond donors (Lipinski definition) is 5. The predicted molar refractivity (Wildman–Crippen MR) is 123 cm³/mol. The second kappa shape index (κ2) is 12.9. The van der Waals surface area contributed by atoms with E-state index in [9.17, 15) is 19.2 Å². The lowest BCUT2D eigenvalue weighted by Crippen LogP contribution is -2.56. The molecule has 3 amide bonds. The second-order valence-electron chi connectivity index (χ2n) is 8.40. The summed E-state index contributed by atoms with van der Waals surface area (Å²) in [5.74, 6) is -2.51. The van der Waals surface area contributed by atoms with Gasteiger partial charge >= 0.3 is 5.97 Å². The lowest BCUT2D eigenvalue weighted by Gasteiger charge is -2.28. The normalized spacial score (nSPS) is 18.3. The largest absolute Gasteiger partial charge is 0.480 e. The van der Waals surface area contributed by atoms with Crippen molar-refractivity contribution >= 4 is 23.7 Å². The summed E-state index contributed by atoms with van der Waals surface area (Å²) in [7, 11) is 0. The maximum absolute atomic E-state index is 13.1. The van der Waals surface area contributed by atoms with Gasteiger partial charge in [-0.2, -0.15) is 0 Å². The van der Waals surface area contributed by atoms with E-state index in [1.807, 2.05) is 30.3 Å². The fourth-order valence-electron chi connectivity index (χ4n) is 3.85. The van der Waals surface area contributed by atoms with Crippen LogP contribution in [0.15, 0.2) is 30.3 Å². The highest BCUT2D eigenvalue weighted by molar-refractivity contribution is 5.94. The zero-order chi connectivity index (χ0) is 24.4. The Balaban J connectivity index is 2.10. The molecular weight excluding hydrogens is 426 g/mol. The Kier molecular flexibility index (Phi) is 10.3. The third-order valence-electron chi connectivity index (χ3n) is 5.77. The average Bonchev–Trinajstić information content (AvgIpc) is 3.28. The molecule has 1 aromatic carbocycles. The molecule has 33 heavy (non-hydrogen) atoms. The van der Waals surface area contributed by atoms with Crippen molar-refractivity contribution in [3.05, 3.63) is 35.9 Å². The van der Waals surface area contributed by atoms with Gasteiger partial charge in [0.1, 0.15) is 18.1 Å². The molecule has 1 saturated heterocycles. The monoisotopic (exact) mass is 461 g/mol. The second-order valence-corrected chi connectivity index (χ2v) is 8.40. The molecule has 4 unspecified atom stereocenters. The summed E-state index contributed by atoms with van der Waals surface area (Å²) in [5.41, 5.74) is 12.4. The number of carboxylic acids is 1. The number of carboxylic acid groups (broad SMARTS) is 1. The summed E-state index contributed by atoms with van der Waals surface area (Å²) in [4.78, 5) is 51.4. The third-order valence-corrected chi connectivity index (χ3v) is 5.77. The minimum atomic E-state index is -1.18. The van der Waals surface area contributed by atoms with Crippen LogP contribution >= 0.6 is 0 Å². The summed E-state index contributed by atoms with van der Waals surface area (Å²) in [6.45, 7) is 2.30. The summed E-state index contributed by atoms with van der Waals surface area (Å²) in [6.07, 6.45) is 3.31. The van der Waals surface area contributed by atoms with Gasteiger partial charge < -0.3 is 32.1 Å². The molecule has 1 aliphatic heterocycles. The van der Waals surface area contributed by atoms with E-state index in [0.717, 1.165) is 18.4 Å². The van der Waals surface area contributed by atoms with E-state index in [1.54, 1.807) is 0 Å². The van der Waals surface area contributed by atoms with Gasteiger partial charge in [-0.1, -0.05) is 36.8 Å². The van der Waals surface area contributed by atoms with Crippen molar-refractivity contribution in [3.63, 3.8) is 0 Å². The van der Waals surface area contributed by atoms with Crippen LogP contribution in [0.5, 0.6) is 0 Å². The van der Waals surface area contributed by atoms with E-state index in [2.05, 4.69) is 10.6 Å². The first-order valence-electron chi connectivity index (χ1n) is 11.4. The highest BCUT2D eigenvalue weighted by Gasteiger charge is 2.37. The molecule has 0 bridgehead atoms. The van der Waals surface area contributed by atoms with E-state index >= 15 is 0 Å². The lowest BCUT2D eigenvalue weighted by molar-refractivity contribution is -0.142. The molecule has 0 radical (unpaired) electrons. The SMILES string of the molecule is CC(NC(=O)C(Cc1ccccc1)NC(=O)C1CCCN1C(=O)C(N)CCCCN)C(=O)O. The van der Waals surface area contributed by atoms with Crippen LogP contribution in [0.4, 0.5) is 0 Å². The number of nitrogens with two attached hydrogens (primary N) is 2. The van der Waals surface area contributed by atoms with Crippen LogP contribution in [-0.2, 0) is 25.6 Å². The highest BCUT2D eigenvalue weighted by Crippen LogP contribution is 2.20. The van der Waals surface area contributed by atoms with E-state index in [4.69, 9.17) is 16.6 Å². The zero-order valence-electron chi connectivity index (χ0n) is 19.0. The van der Waals surface area contributed by atoms with Crippen LogP contribution < -0.4 is 22.1 Å². The van der Waals surface area contributed by atoms with Crippen LogP contribution in [0, 0.1) is 0 Å². The van der Waals surface area contributed by atoms with E-state index in [0.29, 0.717) is 32.4 Å². The molecule has 1 heterocycles. The van der Waals surface area contributed by atoms with Crippen LogP contribution in [-0.4, -0.2) is 71.0 Å². The van der Waals surface area contributed by atoms with Crippen molar-refractivity contribution in [2.45, 2.75) is 69.6 Å². The van der Waals surface area contributed by atoms with Gasteiger partial charge in [-0.3, -0.25) is 19.2 Å². The molecule has 1 aliphatic rings. The molecule has 0 aliphatic carbocycles. The number of nitrogens with zero attached hydrogens (tertiary/aromatic N) is 1. The van der Waals surface area contributed by atoms with E-state index < -0.39 is 42.0 Å². The number of unbranched alkanes of at least 4 members (excludes halogenated alkanes) is 1. The maximum Gasteiger partial charge on any atom is 0.325 e. The van der Waals surface area contributed by atoms with Crippen molar-refractivity contribution < 1.29 is 24.3 Å². The number of carbonyl (C=O) groups is 4. The topological polar surface area (TPSA) is 168 Å². The average molecular weight is 462 g/mol. The van der Waals surface area contributed by atoms with Crippen molar-refractivity contribution in [1.82, 2.24) is 15.5 Å². The molecular formula is C23H35N5O5. The van der Waals surface area contributed by atoms with Crippen LogP contribution in [0.25, 0.3) is 0 Å². The van der Waals surface area contributed by atoms with Gasteiger partial charge in [-0.15, -0.1) is 0 Å².